The molecule has 0 saturated carbocycles. The number of nitrogen functional groups attached to an aromatic ring is 1. The molecule has 2 heterocycles. The Balaban J connectivity index is 2.67. The van der Waals surface area contributed by atoms with E-state index in [9.17, 15) is 27.6 Å². The quantitative estimate of drug-likeness (QED) is 0.369. The van der Waals surface area contributed by atoms with Gasteiger partial charge in [-0.15, -0.1) is 0 Å². The number of hydrogen-bond donors (Lipinski definition) is 2. The molecule has 2 aromatic rings. The average molecular weight is 367 g/mol. The molecular weight excluding hydrogens is 358 g/mol. The number of nitrogens with two attached hydrogens (primary N) is 1. The summed E-state index contributed by atoms with van der Waals surface area (Å²) in [7, 11) is 1.03. The third-order valence-corrected chi connectivity index (χ3v) is 3.37. The molecule has 11 heteroatoms. The van der Waals surface area contributed by atoms with Gasteiger partial charge in [-0.05, 0) is 6.07 Å². The van der Waals surface area contributed by atoms with Gasteiger partial charge in [0.1, 0.15) is 5.69 Å². The number of carbonyl (C=O) groups excluding carboxylic acids is 1. The molecule has 0 aliphatic rings. The van der Waals surface area contributed by atoms with Gasteiger partial charge < -0.3 is 10.5 Å². The van der Waals surface area contributed by atoms with E-state index in [-0.39, 0.29) is 10.3 Å². The lowest BCUT2D eigenvalue weighted by Crippen LogP contribution is -2.39. The number of ether oxygens (including phenoxy) is 1. The van der Waals surface area contributed by atoms with Crippen molar-refractivity contribution in [1.82, 2.24) is 4.98 Å². The van der Waals surface area contributed by atoms with E-state index in [1.807, 2.05) is 0 Å². The van der Waals surface area contributed by atoms with Crippen molar-refractivity contribution in [2.24, 2.45) is 0 Å². The van der Waals surface area contributed by atoms with Gasteiger partial charge in [0.05, 0.1) is 23.4 Å². The van der Waals surface area contributed by atoms with Gasteiger partial charge in [-0.1, -0.05) is 11.6 Å². The highest BCUT2D eigenvalue weighted by atomic mass is 35.5. The fourth-order valence-corrected chi connectivity index (χ4v) is 2.04. The Bertz CT molecular complexity index is 827. The molecule has 6 nitrogen and oxygen atoms in total. The highest BCUT2D eigenvalue weighted by Crippen LogP contribution is 2.33. The molecule has 0 aliphatic carbocycles. The molecule has 0 amide bonds. The van der Waals surface area contributed by atoms with Gasteiger partial charge in [0.2, 0.25) is 6.20 Å². The van der Waals surface area contributed by atoms with E-state index in [1.54, 1.807) is 0 Å². The van der Waals surface area contributed by atoms with Crippen LogP contribution in [0.2, 0.25) is 5.02 Å². The molecular formula is C13H9ClF4N3O3+. The van der Waals surface area contributed by atoms with E-state index in [0.29, 0.717) is 12.3 Å². The maximum atomic E-state index is 14.2. The maximum absolute atomic E-state index is 14.2. The standard InChI is InChI=1S/C13H9ClF4N3O3/c1-24-12(22)11-7(14)9(19)8(15)10(20-11)5-2-3-6(13(16,17)18)21(23)4-5/h2-4,23H,1H3,(H2,19,20)/q+1. The zero-order valence-electron chi connectivity index (χ0n) is 11.9. The number of nitrogens with zero attached hydrogens (tertiary/aromatic N) is 2. The summed E-state index contributed by atoms with van der Waals surface area (Å²) in [6, 6.07) is 1.37. The number of alkyl halides is 3. The minimum atomic E-state index is -4.82. The summed E-state index contributed by atoms with van der Waals surface area (Å²) < 4.78 is 56.3. The number of pyridine rings is 2. The third-order valence-electron chi connectivity index (χ3n) is 2.98. The molecule has 0 bridgehead atoms. The molecule has 0 fully saturated rings. The first-order chi connectivity index (χ1) is 11.1. The fourth-order valence-electron chi connectivity index (χ4n) is 1.84. The smallest absolute Gasteiger partial charge is 0.464 e. The summed E-state index contributed by atoms with van der Waals surface area (Å²) in [5.41, 5.74) is 2.07. The first-order valence-electron chi connectivity index (χ1n) is 6.13. The van der Waals surface area contributed by atoms with Crippen LogP contribution in [0.4, 0.5) is 23.2 Å². The SMILES string of the molecule is COC(=O)c1nc(-c2ccc(C(F)(F)F)[n+](O)c2)c(F)c(N)c1Cl. The summed E-state index contributed by atoms with van der Waals surface area (Å²) in [5, 5.41) is 8.93. The number of aromatic nitrogens is 2. The van der Waals surface area contributed by atoms with Gasteiger partial charge in [0.25, 0.3) is 0 Å². The second-order valence-corrected chi connectivity index (χ2v) is 4.87. The van der Waals surface area contributed by atoms with Crippen LogP contribution in [0.15, 0.2) is 18.3 Å². The summed E-state index contributed by atoms with van der Waals surface area (Å²) in [4.78, 5) is 15.2. The van der Waals surface area contributed by atoms with E-state index in [0.717, 1.165) is 13.2 Å². The highest BCUT2D eigenvalue weighted by molar-refractivity contribution is 6.35. The number of methoxy groups -OCH3 is 1. The largest absolute Gasteiger partial charge is 0.482 e. The monoisotopic (exact) mass is 366 g/mol. The van der Waals surface area contributed by atoms with Crippen molar-refractivity contribution in [2.75, 3.05) is 12.8 Å². The minimum Gasteiger partial charge on any atom is -0.464 e. The Morgan fingerprint density at radius 1 is 1.42 bits per heavy atom. The molecule has 0 radical (unpaired) electrons. The summed E-state index contributed by atoms with van der Waals surface area (Å²) in [6.45, 7) is 0. The topological polar surface area (TPSA) is 89.3 Å². The van der Waals surface area contributed by atoms with Crippen molar-refractivity contribution in [2.45, 2.75) is 6.18 Å². The summed E-state index contributed by atoms with van der Waals surface area (Å²) in [6.07, 6.45) is -4.25. The molecule has 0 atom stereocenters. The lowest BCUT2D eigenvalue weighted by atomic mass is 10.1. The van der Waals surface area contributed by atoms with Gasteiger partial charge in [-0.25, -0.2) is 14.2 Å². The Hall–Kier alpha value is -2.62. The molecule has 0 unspecified atom stereocenters. The van der Waals surface area contributed by atoms with Crippen LogP contribution in [0.25, 0.3) is 11.3 Å². The van der Waals surface area contributed by atoms with Gasteiger partial charge in [-0.2, -0.15) is 13.2 Å². The molecule has 24 heavy (non-hydrogen) atoms. The maximum Gasteiger partial charge on any atom is 0.482 e. The normalized spacial score (nSPS) is 11.4. The molecule has 0 aromatic carbocycles. The lowest BCUT2D eigenvalue weighted by molar-refractivity contribution is -0.914. The highest BCUT2D eigenvalue weighted by Gasteiger charge is 2.42. The Morgan fingerprint density at radius 2 is 2.04 bits per heavy atom. The van der Waals surface area contributed by atoms with Crippen LogP contribution in [0.5, 0.6) is 0 Å². The van der Waals surface area contributed by atoms with E-state index in [2.05, 4.69) is 9.72 Å². The predicted octanol–water partition coefficient (Wildman–Crippen LogP) is 2.45. The minimum absolute atomic E-state index is 0.237. The van der Waals surface area contributed by atoms with Crippen molar-refractivity contribution in [3.05, 3.63) is 40.6 Å². The Labute approximate surface area is 137 Å². The van der Waals surface area contributed by atoms with E-state index >= 15 is 0 Å². The van der Waals surface area contributed by atoms with Crippen molar-refractivity contribution in [3.63, 3.8) is 0 Å². The van der Waals surface area contributed by atoms with Crippen molar-refractivity contribution in [1.29, 1.82) is 0 Å². The van der Waals surface area contributed by atoms with Crippen molar-refractivity contribution >= 4 is 23.3 Å². The number of esters is 1. The second kappa shape index (κ2) is 6.11. The predicted molar refractivity (Wildman–Crippen MR) is 72.8 cm³/mol. The van der Waals surface area contributed by atoms with Crippen LogP contribution in [0, 0.1) is 5.82 Å². The van der Waals surface area contributed by atoms with Crippen LogP contribution in [0.3, 0.4) is 0 Å². The summed E-state index contributed by atoms with van der Waals surface area (Å²) in [5.74, 6) is -2.18. The molecule has 128 valence electrons. The molecule has 0 saturated heterocycles. The Kier molecular flexibility index (Phi) is 4.52. The van der Waals surface area contributed by atoms with Crippen LogP contribution in [-0.4, -0.2) is 23.3 Å². The van der Waals surface area contributed by atoms with Crippen LogP contribution in [-0.2, 0) is 10.9 Å². The van der Waals surface area contributed by atoms with Crippen molar-refractivity contribution < 1.29 is 37.0 Å². The van der Waals surface area contributed by atoms with Crippen LogP contribution in [0.1, 0.15) is 16.2 Å². The molecule has 2 aromatic heterocycles. The molecule has 3 N–H and O–H groups in total. The van der Waals surface area contributed by atoms with Crippen molar-refractivity contribution in [3.8, 4) is 11.3 Å². The number of anilines is 1. The third kappa shape index (κ3) is 3.04. The van der Waals surface area contributed by atoms with Crippen LogP contribution >= 0.6 is 11.6 Å². The number of halogens is 5. The fraction of sp³-hybridized carbons (Fsp3) is 0.154. The lowest BCUT2D eigenvalue weighted by Gasteiger charge is -2.10. The van der Waals surface area contributed by atoms with E-state index in [4.69, 9.17) is 17.3 Å². The Morgan fingerprint density at radius 3 is 2.54 bits per heavy atom. The first kappa shape index (κ1) is 17.7. The summed E-state index contributed by atoms with van der Waals surface area (Å²) >= 11 is 5.72. The second-order valence-electron chi connectivity index (χ2n) is 4.49. The van der Waals surface area contributed by atoms with Gasteiger partial charge in [0.15, 0.2) is 11.5 Å². The first-order valence-corrected chi connectivity index (χ1v) is 6.51. The molecule has 0 spiro atoms. The van der Waals surface area contributed by atoms with Gasteiger partial charge >= 0.3 is 17.8 Å². The molecule has 2 rings (SSSR count). The zero-order valence-corrected chi connectivity index (χ0v) is 12.6. The van der Waals surface area contributed by atoms with Gasteiger partial charge in [0, 0.05) is 10.8 Å². The van der Waals surface area contributed by atoms with Crippen LogP contribution < -0.4 is 10.5 Å². The van der Waals surface area contributed by atoms with E-state index in [1.165, 1.54) is 0 Å². The number of carbonyl (C=O) groups is 1. The van der Waals surface area contributed by atoms with E-state index < -0.39 is 45.8 Å². The van der Waals surface area contributed by atoms with Gasteiger partial charge in [-0.3, -0.25) is 5.21 Å². The average Bonchev–Trinajstić information content (AvgIpc) is 2.51. The number of rotatable bonds is 2. The zero-order chi connectivity index (χ0) is 18.2. The molecule has 0 aliphatic heterocycles. The number of hydrogen-bond acceptors (Lipinski definition) is 5.